The number of benzene rings is 1. The third kappa shape index (κ3) is 3.14. The highest BCUT2D eigenvalue weighted by atomic mass is 79.9. The summed E-state index contributed by atoms with van der Waals surface area (Å²) < 4.78 is 11.6. The molecule has 18 heavy (non-hydrogen) atoms. The van der Waals surface area contributed by atoms with E-state index in [4.69, 9.17) is 14.6 Å². The molecule has 98 valence electrons. The highest BCUT2D eigenvalue weighted by Gasteiger charge is 2.15. The molecule has 0 atom stereocenters. The van der Waals surface area contributed by atoms with Crippen LogP contribution in [0.3, 0.4) is 0 Å². The first kappa shape index (κ1) is 13.2. The maximum absolute atomic E-state index is 11.6. The number of carbonyl (C=O) groups is 1. The monoisotopic (exact) mass is 315 g/mol. The SMILES string of the molecule is O=C(CCCO)Nc1cc2c(cc1Br)OCCO2. The van der Waals surface area contributed by atoms with Crippen molar-refractivity contribution in [3.8, 4) is 11.5 Å². The van der Waals surface area contributed by atoms with Gasteiger partial charge in [-0.3, -0.25) is 4.79 Å². The highest BCUT2D eigenvalue weighted by Crippen LogP contribution is 2.38. The first-order valence-electron chi connectivity index (χ1n) is 5.70. The van der Waals surface area contributed by atoms with Gasteiger partial charge in [-0.2, -0.15) is 0 Å². The molecule has 1 aromatic carbocycles. The van der Waals surface area contributed by atoms with Gasteiger partial charge < -0.3 is 19.9 Å². The first-order valence-corrected chi connectivity index (χ1v) is 6.50. The maximum Gasteiger partial charge on any atom is 0.224 e. The fraction of sp³-hybridized carbons (Fsp3) is 0.417. The van der Waals surface area contributed by atoms with Gasteiger partial charge in [0, 0.05) is 29.6 Å². The molecule has 0 aromatic heterocycles. The molecular weight excluding hydrogens is 302 g/mol. The number of ether oxygens (including phenoxy) is 2. The van der Waals surface area contributed by atoms with Gasteiger partial charge in [0.2, 0.25) is 5.91 Å². The van der Waals surface area contributed by atoms with Gasteiger partial charge in [-0.25, -0.2) is 0 Å². The molecule has 0 fully saturated rings. The Morgan fingerprint density at radius 3 is 2.67 bits per heavy atom. The first-order chi connectivity index (χ1) is 8.70. The molecular formula is C12H14BrNO4. The number of anilines is 1. The minimum Gasteiger partial charge on any atom is -0.486 e. The zero-order valence-corrected chi connectivity index (χ0v) is 11.3. The minimum atomic E-state index is -0.138. The number of aliphatic hydroxyl groups is 1. The summed E-state index contributed by atoms with van der Waals surface area (Å²) in [6.07, 6.45) is 0.741. The third-order valence-electron chi connectivity index (χ3n) is 2.47. The van der Waals surface area contributed by atoms with Gasteiger partial charge in [-0.15, -0.1) is 0 Å². The van der Waals surface area contributed by atoms with E-state index in [0.717, 1.165) is 4.47 Å². The average Bonchev–Trinajstić information content (AvgIpc) is 2.37. The Morgan fingerprint density at radius 2 is 2.00 bits per heavy atom. The molecule has 0 spiro atoms. The summed E-state index contributed by atoms with van der Waals surface area (Å²) >= 11 is 3.37. The molecule has 0 saturated carbocycles. The molecule has 6 heteroatoms. The van der Waals surface area contributed by atoms with Crippen LogP contribution in [0, 0.1) is 0 Å². The maximum atomic E-state index is 11.6. The van der Waals surface area contributed by atoms with Gasteiger partial charge in [-0.1, -0.05) is 0 Å². The van der Waals surface area contributed by atoms with Crippen LogP contribution in [0.15, 0.2) is 16.6 Å². The molecule has 1 heterocycles. The fourth-order valence-corrected chi connectivity index (χ4v) is 2.03. The predicted molar refractivity (Wildman–Crippen MR) is 70.1 cm³/mol. The second-order valence-electron chi connectivity index (χ2n) is 3.85. The van der Waals surface area contributed by atoms with E-state index < -0.39 is 0 Å². The molecule has 1 aliphatic rings. The Labute approximate surface area is 113 Å². The summed E-state index contributed by atoms with van der Waals surface area (Å²) in [4.78, 5) is 11.6. The molecule has 2 N–H and O–H groups in total. The average molecular weight is 316 g/mol. The Kier molecular flexibility index (Phi) is 4.43. The molecule has 0 saturated heterocycles. The molecule has 0 aliphatic carbocycles. The minimum absolute atomic E-state index is 0.00965. The lowest BCUT2D eigenvalue weighted by Crippen LogP contribution is -2.17. The number of fused-ring (bicyclic) bond motifs is 1. The van der Waals surface area contributed by atoms with Crippen LogP contribution >= 0.6 is 15.9 Å². The standard InChI is InChI=1S/C12H14BrNO4/c13-8-6-10-11(18-5-4-17-10)7-9(8)14-12(16)2-1-3-15/h6-7,15H,1-5H2,(H,14,16). The zero-order chi connectivity index (χ0) is 13.0. The Morgan fingerprint density at radius 1 is 1.33 bits per heavy atom. The van der Waals surface area contributed by atoms with Crippen LogP contribution in [-0.2, 0) is 4.79 Å². The second kappa shape index (κ2) is 6.06. The quantitative estimate of drug-likeness (QED) is 0.891. The summed E-state index contributed by atoms with van der Waals surface area (Å²) in [5.74, 6) is 1.16. The summed E-state index contributed by atoms with van der Waals surface area (Å²) in [6.45, 7) is 1.05. The van der Waals surface area contributed by atoms with E-state index in [1.54, 1.807) is 12.1 Å². The summed E-state index contributed by atoms with van der Waals surface area (Å²) in [7, 11) is 0. The van der Waals surface area contributed by atoms with Crippen molar-refractivity contribution >= 4 is 27.5 Å². The molecule has 0 unspecified atom stereocenters. The second-order valence-corrected chi connectivity index (χ2v) is 4.71. The molecule has 1 aliphatic heterocycles. The molecule has 1 aromatic rings. The predicted octanol–water partition coefficient (Wildman–Crippen LogP) is 1.93. The van der Waals surface area contributed by atoms with Crippen molar-refractivity contribution in [2.75, 3.05) is 25.1 Å². The fourth-order valence-electron chi connectivity index (χ4n) is 1.61. The van der Waals surface area contributed by atoms with E-state index >= 15 is 0 Å². The zero-order valence-electron chi connectivity index (χ0n) is 9.74. The van der Waals surface area contributed by atoms with Crippen molar-refractivity contribution in [3.63, 3.8) is 0 Å². The van der Waals surface area contributed by atoms with Crippen LogP contribution in [0.1, 0.15) is 12.8 Å². The Hall–Kier alpha value is -1.27. The van der Waals surface area contributed by atoms with E-state index in [0.29, 0.717) is 36.8 Å². The number of hydrogen-bond acceptors (Lipinski definition) is 4. The van der Waals surface area contributed by atoms with Crippen molar-refractivity contribution in [1.29, 1.82) is 0 Å². The summed E-state index contributed by atoms with van der Waals surface area (Å²) in [5.41, 5.74) is 0.641. The van der Waals surface area contributed by atoms with Gasteiger partial charge >= 0.3 is 0 Å². The van der Waals surface area contributed by atoms with Crippen molar-refractivity contribution in [1.82, 2.24) is 0 Å². The van der Waals surface area contributed by atoms with Crippen LogP contribution in [0.2, 0.25) is 0 Å². The van der Waals surface area contributed by atoms with Crippen LogP contribution in [-0.4, -0.2) is 30.8 Å². The molecule has 0 bridgehead atoms. The van der Waals surface area contributed by atoms with E-state index in [-0.39, 0.29) is 18.9 Å². The topological polar surface area (TPSA) is 67.8 Å². The van der Waals surface area contributed by atoms with Gasteiger partial charge in [0.15, 0.2) is 11.5 Å². The number of rotatable bonds is 4. The number of hydrogen-bond donors (Lipinski definition) is 2. The molecule has 0 radical (unpaired) electrons. The lowest BCUT2D eigenvalue weighted by atomic mass is 10.2. The van der Waals surface area contributed by atoms with Gasteiger partial charge in [0.25, 0.3) is 0 Å². The van der Waals surface area contributed by atoms with Gasteiger partial charge in [0.1, 0.15) is 13.2 Å². The van der Waals surface area contributed by atoms with E-state index in [1.165, 1.54) is 0 Å². The van der Waals surface area contributed by atoms with Gasteiger partial charge in [-0.05, 0) is 22.4 Å². The largest absolute Gasteiger partial charge is 0.486 e. The summed E-state index contributed by atoms with van der Waals surface area (Å²) in [5, 5.41) is 11.4. The van der Waals surface area contributed by atoms with Crippen molar-refractivity contribution in [2.24, 2.45) is 0 Å². The molecule has 5 nitrogen and oxygen atoms in total. The van der Waals surface area contributed by atoms with Crippen LogP contribution in [0.4, 0.5) is 5.69 Å². The van der Waals surface area contributed by atoms with Gasteiger partial charge in [0.05, 0.1) is 5.69 Å². The van der Waals surface area contributed by atoms with Crippen molar-refractivity contribution in [3.05, 3.63) is 16.6 Å². The summed E-state index contributed by atoms with van der Waals surface area (Å²) in [6, 6.07) is 3.51. The smallest absolute Gasteiger partial charge is 0.224 e. The van der Waals surface area contributed by atoms with Crippen LogP contribution in [0.25, 0.3) is 0 Å². The van der Waals surface area contributed by atoms with Crippen molar-refractivity contribution in [2.45, 2.75) is 12.8 Å². The number of halogens is 1. The lowest BCUT2D eigenvalue weighted by Gasteiger charge is -2.20. The lowest BCUT2D eigenvalue weighted by molar-refractivity contribution is -0.116. The Balaban J connectivity index is 2.10. The van der Waals surface area contributed by atoms with E-state index in [1.807, 2.05) is 0 Å². The van der Waals surface area contributed by atoms with E-state index in [9.17, 15) is 4.79 Å². The Bertz CT molecular complexity index is 450. The van der Waals surface area contributed by atoms with Crippen LogP contribution < -0.4 is 14.8 Å². The normalized spacial score (nSPS) is 13.2. The number of nitrogens with one attached hydrogen (secondary N) is 1. The van der Waals surface area contributed by atoms with Crippen LogP contribution in [0.5, 0.6) is 11.5 Å². The third-order valence-corrected chi connectivity index (χ3v) is 3.12. The van der Waals surface area contributed by atoms with E-state index in [2.05, 4.69) is 21.2 Å². The number of amides is 1. The highest BCUT2D eigenvalue weighted by molar-refractivity contribution is 9.10. The number of aliphatic hydroxyl groups excluding tert-OH is 1. The number of carbonyl (C=O) groups excluding carboxylic acids is 1. The molecule has 2 rings (SSSR count). The molecule has 1 amide bonds. The van der Waals surface area contributed by atoms with Crippen molar-refractivity contribution < 1.29 is 19.4 Å².